The molecule has 25 heavy (non-hydrogen) atoms. The van der Waals surface area contributed by atoms with Gasteiger partial charge in [0.2, 0.25) is 5.91 Å². The van der Waals surface area contributed by atoms with Crippen molar-refractivity contribution in [2.75, 3.05) is 5.32 Å². The van der Waals surface area contributed by atoms with Gasteiger partial charge in [0.1, 0.15) is 11.6 Å². The normalized spacial score (nSPS) is 10.9. The third-order valence-corrected chi connectivity index (χ3v) is 4.21. The first-order valence-electron chi connectivity index (χ1n) is 7.98. The fourth-order valence-electron chi connectivity index (χ4n) is 2.67. The maximum absolute atomic E-state index is 12.4. The van der Waals surface area contributed by atoms with E-state index in [0.717, 1.165) is 28.4 Å². The van der Waals surface area contributed by atoms with Crippen molar-refractivity contribution in [2.24, 2.45) is 0 Å². The Labute approximate surface area is 150 Å². The zero-order valence-corrected chi connectivity index (χ0v) is 15.1. The zero-order valence-electron chi connectivity index (χ0n) is 14.3. The number of hydrogen-bond donors (Lipinski definition) is 1. The van der Waals surface area contributed by atoms with Gasteiger partial charge in [-0.25, -0.2) is 4.68 Å². The second kappa shape index (κ2) is 7.11. The first-order chi connectivity index (χ1) is 11.9. The highest BCUT2D eigenvalue weighted by atomic mass is 35.5. The van der Waals surface area contributed by atoms with E-state index in [1.165, 1.54) is 0 Å². The van der Waals surface area contributed by atoms with Crippen LogP contribution < -0.4 is 5.32 Å². The van der Waals surface area contributed by atoms with Crippen molar-refractivity contribution in [3.63, 3.8) is 0 Å². The van der Waals surface area contributed by atoms with Crippen LogP contribution in [-0.2, 0) is 11.2 Å². The number of anilines is 1. The molecular formula is C18H19ClN4O2. The standard InChI is InChI=1S/C18H19ClN4O2/c1-11-10-17(23(21-11)15-6-4-14(19)5-7-15)20-18(24)9-8-16-12(2)22-25-13(16)3/h4-7,10H,8-9H2,1-3H3,(H,20,24). The number of benzene rings is 1. The predicted molar refractivity (Wildman–Crippen MR) is 96.2 cm³/mol. The molecule has 1 N–H and O–H groups in total. The van der Waals surface area contributed by atoms with Gasteiger partial charge in [-0.1, -0.05) is 16.8 Å². The molecule has 1 amide bonds. The van der Waals surface area contributed by atoms with Crippen LogP contribution in [0.5, 0.6) is 0 Å². The molecule has 2 aromatic heterocycles. The van der Waals surface area contributed by atoms with Crippen LogP contribution in [0.3, 0.4) is 0 Å². The highest BCUT2D eigenvalue weighted by molar-refractivity contribution is 6.30. The Morgan fingerprint density at radius 3 is 2.60 bits per heavy atom. The molecule has 2 heterocycles. The molecule has 0 aliphatic carbocycles. The lowest BCUT2D eigenvalue weighted by atomic mass is 10.1. The molecule has 6 nitrogen and oxygen atoms in total. The van der Waals surface area contributed by atoms with Crippen molar-refractivity contribution < 1.29 is 9.32 Å². The third kappa shape index (κ3) is 3.91. The number of carbonyl (C=O) groups is 1. The van der Waals surface area contributed by atoms with Crippen molar-refractivity contribution in [1.82, 2.24) is 14.9 Å². The fourth-order valence-corrected chi connectivity index (χ4v) is 2.80. The summed E-state index contributed by atoms with van der Waals surface area (Å²) in [5.74, 6) is 1.30. The summed E-state index contributed by atoms with van der Waals surface area (Å²) in [6.07, 6.45) is 0.925. The van der Waals surface area contributed by atoms with Gasteiger partial charge in [0, 0.05) is 23.1 Å². The Morgan fingerprint density at radius 1 is 1.24 bits per heavy atom. The van der Waals surface area contributed by atoms with Crippen LogP contribution >= 0.6 is 11.6 Å². The summed E-state index contributed by atoms with van der Waals surface area (Å²) >= 11 is 5.93. The molecule has 0 spiro atoms. The van der Waals surface area contributed by atoms with Gasteiger partial charge in [0.25, 0.3) is 0 Å². The SMILES string of the molecule is Cc1cc(NC(=O)CCc2c(C)noc2C)n(-c2ccc(Cl)cc2)n1. The smallest absolute Gasteiger partial charge is 0.225 e. The molecule has 0 radical (unpaired) electrons. The van der Waals surface area contributed by atoms with Gasteiger partial charge in [-0.15, -0.1) is 0 Å². The van der Waals surface area contributed by atoms with Gasteiger partial charge in [0.15, 0.2) is 0 Å². The molecule has 0 aliphatic heterocycles. The van der Waals surface area contributed by atoms with Gasteiger partial charge in [-0.2, -0.15) is 5.10 Å². The summed E-state index contributed by atoms with van der Waals surface area (Å²) in [6.45, 7) is 5.61. The molecular weight excluding hydrogens is 340 g/mol. The molecule has 130 valence electrons. The van der Waals surface area contributed by atoms with Crippen molar-refractivity contribution in [1.29, 1.82) is 0 Å². The van der Waals surface area contributed by atoms with Crippen molar-refractivity contribution in [3.05, 3.63) is 58.1 Å². The number of halogens is 1. The van der Waals surface area contributed by atoms with Crippen LogP contribution in [0, 0.1) is 20.8 Å². The molecule has 0 atom stereocenters. The van der Waals surface area contributed by atoms with Crippen molar-refractivity contribution >= 4 is 23.3 Å². The van der Waals surface area contributed by atoms with E-state index in [4.69, 9.17) is 16.1 Å². The highest BCUT2D eigenvalue weighted by Gasteiger charge is 2.14. The van der Waals surface area contributed by atoms with Crippen molar-refractivity contribution in [2.45, 2.75) is 33.6 Å². The van der Waals surface area contributed by atoms with Gasteiger partial charge in [-0.3, -0.25) is 4.79 Å². The van der Waals surface area contributed by atoms with Crippen LogP contribution in [0.2, 0.25) is 5.02 Å². The lowest BCUT2D eigenvalue weighted by Crippen LogP contribution is -2.15. The lowest BCUT2D eigenvalue weighted by molar-refractivity contribution is -0.116. The van der Waals surface area contributed by atoms with Gasteiger partial charge in [-0.05, 0) is 51.5 Å². The number of aryl methyl sites for hydroxylation is 3. The van der Waals surface area contributed by atoms with Gasteiger partial charge in [0.05, 0.1) is 17.1 Å². The molecule has 1 aromatic carbocycles. The number of amides is 1. The average molecular weight is 359 g/mol. The van der Waals surface area contributed by atoms with E-state index in [1.54, 1.807) is 16.8 Å². The Bertz CT molecular complexity index is 877. The molecule has 7 heteroatoms. The second-order valence-electron chi connectivity index (χ2n) is 5.91. The van der Waals surface area contributed by atoms with Crippen LogP contribution in [0.15, 0.2) is 34.9 Å². The topological polar surface area (TPSA) is 73.0 Å². The lowest BCUT2D eigenvalue weighted by Gasteiger charge is -2.09. The summed E-state index contributed by atoms with van der Waals surface area (Å²) in [5, 5.41) is 11.9. The Balaban J connectivity index is 1.72. The Morgan fingerprint density at radius 2 is 1.96 bits per heavy atom. The molecule has 0 saturated heterocycles. The molecule has 0 unspecified atom stereocenters. The number of carbonyl (C=O) groups excluding carboxylic acids is 1. The summed E-state index contributed by atoms with van der Waals surface area (Å²) in [4.78, 5) is 12.4. The van der Waals surface area contributed by atoms with E-state index in [-0.39, 0.29) is 5.91 Å². The number of nitrogens with one attached hydrogen (secondary N) is 1. The minimum absolute atomic E-state index is 0.0879. The summed E-state index contributed by atoms with van der Waals surface area (Å²) in [7, 11) is 0. The fraction of sp³-hybridized carbons (Fsp3) is 0.278. The van der Waals surface area contributed by atoms with E-state index in [2.05, 4.69) is 15.6 Å². The third-order valence-electron chi connectivity index (χ3n) is 3.95. The van der Waals surface area contributed by atoms with Crippen LogP contribution in [0.4, 0.5) is 5.82 Å². The first-order valence-corrected chi connectivity index (χ1v) is 8.36. The van der Waals surface area contributed by atoms with E-state index in [0.29, 0.717) is 23.7 Å². The Hall–Kier alpha value is -2.60. The van der Waals surface area contributed by atoms with E-state index in [9.17, 15) is 4.79 Å². The molecule has 0 saturated carbocycles. The predicted octanol–water partition coefficient (Wildman–Crippen LogP) is 4.01. The van der Waals surface area contributed by atoms with E-state index in [1.807, 2.05) is 39.0 Å². The minimum Gasteiger partial charge on any atom is -0.361 e. The minimum atomic E-state index is -0.0879. The molecule has 0 fully saturated rings. The van der Waals surface area contributed by atoms with Crippen LogP contribution in [0.1, 0.15) is 29.1 Å². The summed E-state index contributed by atoms with van der Waals surface area (Å²) in [6, 6.07) is 9.12. The monoisotopic (exact) mass is 358 g/mol. The first kappa shape index (κ1) is 17.2. The number of rotatable bonds is 5. The maximum Gasteiger partial charge on any atom is 0.225 e. The number of hydrogen-bond acceptors (Lipinski definition) is 4. The highest BCUT2D eigenvalue weighted by Crippen LogP contribution is 2.20. The molecule has 0 bridgehead atoms. The molecule has 3 aromatic rings. The van der Waals surface area contributed by atoms with Crippen molar-refractivity contribution in [3.8, 4) is 5.69 Å². The quantitative estimate of drug-likeness (QED) is 0.747. The average Bonchev–Trinajstić information content (AvgIpc) is 3.09. The molecule has 0 aliphatic rings. The van der Waals surface area contributed by atoms with E-state index >= 15 is 0 Å². The summed E-state index contributed by atoms with van der Waals surface area (Å²) in [5.41, 5.74) is 3.46. The number of nitrogens with zero attached hydrogens (tertiary/aromatic N) is 3. The summed E-state index contributed by atoms with van der Waals surface area (Å²) < 4.78 is 6.82. The second-order valence-corrected chi connectivity index (χ2v) is 6.35. The Kier molecular flexibility index (Phi) is 4.90. The van der Waals surface area contributed by atoms with Gasteiger partial charge >= 0.3 is 0 Å². The maximum atomic E-state index is 12.4. The van der Waals surface area contributed by atoms with Crippen LogP contribution in [-0.4, -0.2) is 20.8 Å². The van der Waals surface area contributed by atoms with Gasteiger partial charge < -0.3 is 9.84 Å². The zero-order chi connectivity index (χ0) is 18.0. The van der Waals surface area contributed by atoms with Crippen LogP contribution in [0.25, 0.3) is 5.69 Å². The largest absolute Gasteiger partial charge is 0.361 e. The van der Waals surface area contributed by atoms with E-state index < -0.39 is 0 Å². The number of aromatic nitrogens is 3. The molecule has 3 rings (SSSR count).